The Bertz CT molecular complexity index is 1000. The minimum atomic E-state index is -0.467. The number of carbonyl (C=O) groups is 1. The van der Waals surface area contributed by atoms with Crippen molar-refractivity contribution in [1.82, 2.24) is 5.43 Å². The molecule has 0 aliphatic carbocycles. The van der Waals surface area contributed by atoms with Gasteiger partial charge in [0.15, 0.2) is 0 Å². The van der Waals surface area contributed by atoms with Gasteiger partial charge in [-0.1, -0.05) is 46.3 Å². The van der Waals surface area contributed by atoms with Crippen molar-refractivity contribution in [2.24, 2.45) is 5.10 Å². The number of nitrogens with zero attached hydrogens (tertiary/aromatic N) is 2. The second-order valence-electron chi connectivity index (χ2n) is 5.57. The molecule has 7 heteroatoms. The minimum Gasteiger partial charge on any atom is -0.273 e. The average Bonchev–Trinajstić information content (AvgIpc) is 2.65. The lowest BCUT2D eigenvalue weighted by atomic mass is 10.0. The molecule has 6 nitrogen and oxygen atoms in total. The van der Waals surface area contributed by atoms with Gasteiger partial charge in [0.25, 0.3) is 5.69 Å². The van der Waals surface area contributed by atoms with Crippen LogP contribution in [0.25, 0.3) is 10.8 Å². The zero-order chi connectivity index (χ0) is 18.5. The number of hydrogen-bond donors (Lipinski definition) is 1. The number of rotatable bonds is 5. The maximum absolute atomic E-state index is 12.1. The smallest absolute Gasteiger partial charge is 0.269 e. The van der Waals surface area contributed by atoms with Crippen molar-refractivity contribution in [1.29, 1.82) is 0 Å². The summed E-state index contributed by atoms with van der Waals surface area (Å²) in [6.07, 6.45) is 1.65. The molecule has 0 saturated carbocycles. The first-order chi connectivity index (χ1) is 12.5. The van der Waals surface area contributed by atoms with Crippen molar-refractivity contribution < 1.29 is 9.72 Å². The van der Waals surface area contributed by atoms with E-state index in [0.717, 1.165) is 20.8 Å². The molecule has 130 valence electrons. The molecule has 0 radical (unpaired) electrons. The average molecular weight is 412 g/mol. The number of hydrazone groups is 1. The molecule has 3 aromatic carbocycles. The van der Waals surface area contributed by atoms with Crippen LogP contribution in [-0.2, 0) is 11.2 Å². The van der Waals surface area contributed by atoms with Gasteiger partial charge >= 0.3 is 0 Å². The zero-order valence-corrected chi connectivity index (χ0v) is 15.1. The highest BCUT2D eigenvalue weighted by atomic mass is 79.9. The topological polar surface area (TPSA) is 84.6 Å². The maximum Gasteiger partial charge on any atom is 0.269 e. The van der Waals surface area contributed by atoms with Gasteiger partial charge in [-0.25, -0.2) is 5.43 Å². The van der Waals surface area contributed by atoms with Crippen LogP contribution in [0.3, 0.4) is 0 Å². The third-order valence-electron chi connectivity index (χ3n) is 3.82. The first-order valence-corrected chi connectivity index (χ1v) is 8.56. The Morgan fingerprint density at radius 3 is 2.46 bits per heavy atom. The third kappa shape index (κ3) is 4.12. The summed E-state index contributed by atoms with van der Waals surface area (Å²) in [4.78, 5) is 22.3. The number of fused-ring (bicyclic) bond motifs is 1. The second-order valence-corrected chi connectivity index (χ2v) is 6.43. The SMILES string of the molecule is O=C(Cc1ccc(Br)c2ccccc12)NN=Cc1ccc([N+](=O)[O-])cc1. The molecule has 3 rings (SSSR count). The van der Waals surface area contributed by atoms with Crippen molar-refractivity contribution in [2.45, 2.75) is 6.42 Å². The molecule has 0 bridgehead atoms. The molecule has 3 aromatic rings. The molecule has 26 heavy (non-hydrogen) atoms. The molecule has 0 heterocycles. The summed E-state index contributed by atoms with van der Waals surface area (Å²) in [6, 6.07) is 17.6. The lowest BCUT2D eigenvalue weighted by Gasteiger charge is -2.07. The Morgan fingerprint density at radius 1 is 1.08 bits per heavy atom. The van der Waals surface area contributed by atoms with Gasteiger partial charge in [0.1, 0.15) is 0 Å². The highest BCUT2D eigenvalue weighted by Gasteiger charge is 2.08. The van der Waals surface area contributed by atoms with Crippen LogP contribution >= 0.6 is 15.9 Å². The lowest BCUT2D eigenvalue weighted by molar-refractivity contribution is -0.384. The highest BCUT2D eigenvalue weighted by Crippen LogP contribution is 2.27. The number of nitrogens with one attached hydrogen (secondary N) is 1. The predicted molar refractivity (Wildman–Crippen MR) is 104 cm³/mol. The van der Waals surface area contributed by atoms with E-state index in [4.69, 9.17) is 0 Å². The molecule has 0 aromatic heterocycles. The Balaban J connectivity index is 1.66. The van der Waals surface area contributed by atoms with Gasteiger partial charge in [0.2, 0.25) is 5.91 Å². The van der Waals surface area contributed by atoms with E-state index in [1.165, 1.54) is 18.3 Å². The first kappa shape index (κ1) is 17.8. The fraction of sp³-hybridized carbons (Fsp3) is 0.0526. The summed E-state index contributed by atoms with van der Waals surface area (Å²) < 4.78 is 0.980. The largest absolute Gasteiger partial charge is 0.273 e. The molecule has 1 N–H and O–H groups in total. The molecule has 1 amide bonds. The molecule has 0 atom stereocenters. The molecule has 0 unspecified atom stereocenters. The van der Waals surface area contributed by atoms with E-state index in [9.17, 15) is 14.9 Å². The van der Waals surface area contributed by atoms with E-state index in [0.29, 0.717) is 5.56 Å². The third-order valence-corrected chi connectivity index (χ3v) is 4.51. The number of nitro groups is 1. The summed E-state index contributed by atoms with van der Waals surface area (Å²) in [5, 5.41) is 16.6. The van der Waals surface area contributed by atoms with E-state index in [2.05, 4.69) is 26.5 Å². The quantitative estimate of drug-likeness (QED) is 0.387. The second kappa shape index (κ2) is 7.88. The Morgan fingerprint density at radius 2 is 1.77 bits per heavy atom. The summed E-state index contributed by atoms with van der Waals surface area (Å²) >= 11 is 3.51. The normalized spacial score (nSPS) is 11.0. The van der Waals surface area contributed by atoms with Gasteiger partial charge in [-0.3, -0.25) is 14.9 Å². The van der Waals surface area contributed by atoms with E-state index in [-0.39, 0.29) is 18.0 Å². The van der Waals surface area contributed by atoms with Gasteiger partial charge < -0.3 is 0 Å². The van der Waals surface area contributed by atoms with Crippen LogP contribution in [0.1, 0.15) is 11.1 Å². The standard InChI is InChI=1S/C19H14BrN3O3/c20-18-10-7-14(16-3-1-2-4-17(16)18)11-19(24)22-21-12-13-5-8-15(9-6-13)23(25)26/h1-10,12H,11H2,(H,22,24). The van der Waals surface area contributed by atoms with Gasteiger partial charge in [0.05, 0.1) is 17.6 Å². The Kier molecular flexibility index (Phi) is 5.38. The number of hydrogen-bond acceptors (Lipinski definition) is 4. The number of amides is 1. The Labute approximate surface area is 157 Å². The number of nitro benzene ring substituents is 1. The number of carbonyl (C=O) groups excluding carboxylic acids is 1. The molecule has 0 spiro atoms. The molecule has 0 fully saturated rings. The van der Waals surface area contributed by atoms with Crippen LogP contribution in [0.4, 0.5) is 5.69 Å². The van der Waals surface area contributed by atoms with Crippen molar-refractivity contribution in [3.8, 4) is 0 Å². The fourth-order valence-electron chi connectivity index (χ4n) is 2.55. The monoisotopic (exact) mass is 411 g/mol. The molecular weight excluding hydrogens is 398 g/mol. The van der Waals surface area contributed by atoms with Crippen LogP contribution in [0.2, 0.25) is 0 Å². The summed E-state index contributed by atoms with van der Waals surface area (Å²) in [5.41, 5.74) is 4.06. The van der Waals surface area contributed by atoms with E-state index >= 15 is 0 Å². The van der Waals surface area contributed by atoms with E-state index in [1.54, 1.807) is 12.1 Å². The van der Waals surface area contributed by atoms with Gasteiger partial charge in [0, 0.05) is 16.6 Å². The maximum atomic E-state index is 12.1. The molecular formula is C19H14BrN3O3. The minimum absolute atomic E-state index is 0.00769. The number of halogens is 1. The van der Waals surface area contributed by atoms with Crippen molar-refractivity contribution >= 4 is 44.5 Å². The van der Waals surface area contributed by atoms with Crippen molar-refractivity contribution in [3.63, 3.8) is 0 Å². The van der Waals surface area contributed by atoms with Crippen LogP contribution in [0, 0.1) is 10.1 Å². The predicted octanol–water partition coefficient (Wildman–Crippen LogP) is 4.20. The van der Waals surface area contributed by atoms with Crippen LogP contribution in [-0.4, -0.2) is 17.0 Å². The number of non-ortho nitro benzene ring substituents is 1. The molecule has 0 aliphatic heterocycles. The summed E-state index contributed by atoms with van der Waals surface area (Å²) in [6.45, 7) is 0. The number of benzene rings is 3. The highest BCUT2D eigenvalue weighted by molar-refractivity contribution is 9.10. The zero-order valence-electron chi connectivity index (χ0n) is 13.6. The van der Waals surface area contributed by atoms with Crippen LogP contribution < -0.4 is 5.43 Å². The molecule has 0 saturated heterocycles. The van der Waals surface area contributed by atoms with Crippen molar-refractivity contribution in [3.05, 3.63) is 86.4 Å². The summed E-state index contributed by atoms with van der Waals surface area (Å²) in [7, 11) is 0. The lowest BCUT2D eigenvalue weighted by Crippen LogP contribution is -2.19. The van der Waals surface area contributed by atoms with Gasteiger partial charge in [-0.05, 0) is 40.1 Å². The van der Waals surface area contributed by atoms with E-state index in [1.807, 2.05) is 36.4 Å². The van der Waals surface area contributed by atoms with Gasteiger partial charge in [-0.2, -0.15) is 5.10 Å². The molecule has 0 aliphatic rings. The van der Waals surface area contributed by atoms with Crippen molar-refractivity contribution in [2.75, 3.05) is 0 Å². The first-order valence-electron chi connectivity index (χ1n) is 7.77. The van der Waals surface area contributed by atoms with Crippen LogP contribution in [0.5, 0.6) is 0 Å². The van der Waals surface area contributed by atoms with E-state index < -0.39 is 4.92 Å². The van der Waals surface area contributed by atoms with Gasteiger partial charge in [-0.15, -0.1) is 0 Å². The summed E-state index contributed by atoms with van der Waals surface area (Å²) in [5.74, 6) is -0.240. The fourth-order valence-corrected chi connectivity index (χ4v) is 3.03. The van der Waals surface area contributed by atoms with Crippen LogP contribution in [0.15, 0.2) is 70.2 Å². The Hall–Kier alpha value is -3.06.